The molecule has 7 nitrogen and oxygen atoms in total. The molecule has 0 spiro atoms. The van der Waals surface area contributed by atoms with Gasteiger partial charge in [0.25, 0.3) is 5.91 Å². The molecule has 1 aliphatic heterocycles. The molecule has 1 amide bonds. The minimum Gasteiger partial charge on any atom is -0.507 e. The van der Waals surface area contributed by atoms with Crippen molar-refractivity contribution in [1.29, 1.82) is 0 Å². The zero-order valence-electron chi connectivity index (χ0n) is 21.7. The number of hydrogen-bond donors (Lipinski definition) is 1. The van der Waals surface area contributed by atoms with Crippen LogP contribution in [0.5, 0.6) is 17.2 Å². The highest BCUT2D eigenvalue weighted by molar-refractivity contribution is 8.14. The highest BCUT2D eigenvalue weighted by atomic mass is 32.2. The van der Waals surface area contributed by atoms with Gasteiger partial charge in [-0.1, -0.05) is 54.2 Å². The molecule has 0 fully saturated rings. The van der Waals surface area contributed by atoms with Crippen molar-refractivity contribution in [2.45, 2.75) is 18.9 Å². The Hall–Kier alpha value is -4.63. The number of benzene rings is 4. The molecule has 202 valence electrons. The Balaban J connectivity index is 1.50. The van der Waals surface area contributed by atoms with Crippen LogP contribution >= 0.6 is 11.8 Å². The molecule has 1 unspecified atom stereocenters. The van der Waals surface area contributed by atoms with E-state index in [0.717, 1.165) is 5.56 Å². The van der Waals surface area contributed by atoms with Gasteiger partial charge in [-0.05, 0) is 61.0 Å². The number of amides is 1. The van der Waals surface area contributed by atoms with Crippen LogP contribution in [-0.4, -0.2) is 34.0 Å². The lowest BCUT2D eigenvalue weighted by atomic mass is 10.1. The third kappa shape index (κ3) is 5.55. The van der Waals surface area contributed by atoms with E-state index in [9.17, 15) is 19.1 Å². The Morgan fingerprint density at radius 3 is 2.48 bits per heavy atom. The molecule has 1 atom stereocenters. The van der Waals surface area contributed by atoms with Crippen LogP contribution in [-0.2, 0) is 6.61 Å². The first-order chi connectivity index (χ1) is 19.4. The minimum atomic E-state index is -0.674. The average molecular weight is 557 g/mol. The van der Waals surface area contributed by atoms with Crippen LogP contribution < -0.4 is 9.47 Å². The van der Waals surface area contributed by atoms with E-state index in [1.165, 1.54) is 55.1 Å². The summed E-state index contributed by atoms with van der Waals surface area (Å²) < 4.78 is 25.5. The number of carbonyl (C=O) groups is 2. The topological polar surface area (TPSA) is 88.4 Å². The SMILES string of the molecule is COc1c(OCc2cccc(C(C)=O)c2)cccc1C1SC(c2ccc(F)cc2)=NN1C(=O)c1ccccc1O. The lowest BCUT2D eigenvalue weighted by molar-refractivity contribution is 0.0744. The summed E-state index contributed by atoms with van der Waals surface area (Å²) >= 11 is 1.30. The lowest BCUT2D eigenvalue weighted by Crippen LogP contribution is -2.26. The molecule has 1 N–H and O–H groups in total. The van der Waals surface area contributed by atoms with Crippen molar-refractivity contribution < 1.29 is 28.6 Å². The Morgan fingerprint density at radius 1 is 1.00 bits per heavy atom. The maximum absolute atomic E-state index is 13.7. The smallest absolute Gasteiger partial charge is 0.279 e. The van der Waals surface area contributed by atoms with E-state index in [0.29, 0.717) is 33.2 Å². The first-order valence-electron chi connectivity index (χ1n) is 12.4. The van der Waals surface area contributed by atoms with Crippen LogP contribution in [0.1, 0.15) is 49.7 Å². The van der Waals surface area contributed by atoms with E-state index >= 15 is 0 Å². The number of phenols is 1. The van der Waals surface area contributed by atoms with Gasteiger partial charge in [0.05, 0.1) is 12.7 Å². The molecule has 0 aliphatic carbocycles. The molecule has 0 aromatic heterocycles. The fourth-order valence-electron chi connectivity index (χ4n) is 4.27. The Morgan fingerprint density at radius 2 is 1.75 bits per heavy atom. The van der Waals surface area contributed by atoms with Crippen molar-refractivity contribution >= 4 is 28.5 Å². The third-order valence-corrected chi connectivity index (χ3v) is 7.50. The van der Waals surface area contributed by atoms with Crippen molar-refractivity contribution in [1.82, 2.24) is 5.01 Å². The van der Waals surface area contributed by atoms with Gasteiger partial charge in [-0.2, -0.15) is 5.10 Å². The number of ketones is 1. The predicted molar refractivity (Wildman–Crippen MR) is 151 cm³/mol. The molecule has 0 saturated heterocycles. The quantitative estimate of drug-likeness (QED) is 0.247. The summed E-state index contributed by atoms with van der Waals surface area (Å²) in [5.41, 5.74) is 2.75. The van der Waals surface area contributed by atoms with Crippen LogP contribution in [0.4, 0.5) is 4.39 Å². The largest absolute Gasteiger partial charge is 0.507 e. The summed E-state index contributed by atoms with van der Waals surface area (Å²) in [5, 5.41) is 16.1. The van der Waals surface area contributed by atoms with Crippen LogP contribution in [0.2, 0.25) is 0 Å². The van der Waals surface area contributed by atoms with Crippen LogP contribution in [0, 0.1) is 5.82 Å². The van der Waals surface area contributed by atoms with Gasteiger partial charge in [-0.3, -0.25) is 9.59 Å². The zero-order chi connectivity index (χ0) is 28.2. The number of methoxy groups -OCH3 is 1. The predicted octanol–water partition coefficient (Wildman–Crippen LogP) is 6.57. The second-order valence-corrected chi connectivity index (χ2v) is 10.0. The number of Topliss-reactive ketones (excluding diaryl/α,β-unsaturated/α-hetero) is 1. The van der Waals surface area contributed by atoms with E-state index in [2.05, 4.69) is 5.10 Å². The average Bonchev–Trinajstić information content (AvgIpc) is 3.41. The van der Waals surface area contributed by atoms with Gasteiger partial charge in [0.2, 0.25) is 0 Å². The molecule has 4 aromatic carbocycles. The van der Waals surface area contributed by atoms with Gasteiger partial charge in [0, 0.05) is 16.7 Å². The normalized spacial score (nSPS) is 14.5. The summed E-state index contributed by atoms with van der Waals surface area (Å²) in [6.07, 6.45) is 0. The molecular weight excluding hydrogens is 531 g/mol. The lowest BCUT2D eigenvalue weighted by Gasteiger charge is -2.24. The summed E-state index contributed by atoms with van der Waals surface area (Å²) in [5.74, 6) is -0.245. The highest BCUT2D eigenvalue weighted by Gasteiger charge is 2.37. The molecular formula is C31H25FN2O5S. The van der Waals surface area contributed by atoms with E-state index in [-0.39, 0.29) is 29.5 Å². The number of thioether (sulfide) groups is 1. The minimum absolute atomic E-state index is 0.0362. The molecule has 0 bridgehead atoms. The summed E-state index contributed by atoms with van der Waals surface area (Å²) in [7, 11) is 1.51. The number of ether oxygens (including phenoxy) is 2. The standard InChI is InChI=1S/C31H25FN2O5S/c1-19(35)22-8-5-7-20(17-22)18-39-27-12-6-10-25(28(27)38-2)31-34(30(37)24-9-3-4-11-26(24)36)33-29(40-31)21-13-15-23(32)16-14-21/h3-17,31,36H,18H2,1-2H3. The first-order valence-corrected chi connectivity index (χ1v) is 13.3. The van der Waals surface area contributed by atoms with Crippen molar-refractivity contribution in [3.05, 3.63) is 125 Å². The van der Waals surface area contributed by atoms with Crippen molar-refractivity contribution in [2.75, 3.05) is 7.11 Å². The van der Waals surface area contributed by atoms with Gasteiger partial charge in [0.1, 0.15) is 28.6 Å². The highest BCUT2D eigenvalue weighted by Crippen LogP contribution is 2.48. The van der Waals surface area contributed by atoms with Crippen molar-refractivity contribution in [3.63, 3.8) is 0 Å². The van der Waals surface area contributed by atoms with Gasteiger partial charge in [-0.15, -0.1) is 0 Å². The maximum Gasteiger partial charge on any atom is 0.279 e. The molecule has 5 rings (SSSR count). The number of hydrazone groups is 1. The first kappa shape index (κ1) is 27.0. The van der Waals surface area contributed by atoms with Crippen molar-refractivity contribution in [3.8, 4) is 17.2 Å². The monoisotopic (exact) mass is 556 g/mol. The van der Waals surface area contributed by atoms with Crippen LogP contribution in [0.3, 0.4) is 0 Å². The molecule has 1 heterocycles. The molecule has 1 aliphatic rings. The Bertz CT molecular complexity index is 1610. The number of phenolic OH excluding ortho intramolecular Hbond substituents is 1. The fourth-order valence-corrected chi connectivity index (χ4v) is 5.45. The van der Waals surface area contributed by atoms with E-state index in [1.54, 1.807) is 54.6 Å². The van der Waals surface area contributed by atoms with Gasteiger partial charge in [-0.25, -0.2) is 9.40 Å². The second-order valence-electron chi connectivity index (χ2n) is 8.97. The fraction of sp³-hybridized carbons (Fsp3) is 0.129. The number of carbonyl (C=O) groups excluding carboxylic acids is 2. The number of aromatic hydroxyl groups is 1. The van der Waals surface area contributed by atoms with Gasteiger partial charge in [0.15, 0.2) is 17.3 Å². The number of halogens is 1. The molecule has 9 heteroatoms. The molecule has 4 aromatic rings. The summed E-state index contributed by atoms with van der Waals surface area (Å²) in [4.78, 5) is 25.4. The Kier molecular flexibility index (Phi) is 7.84. The second kappa shape index (κ2) is 11.6. The van der Waals surface area contributed by atoms with Crippen LogP contribution in [0.15, 0.2) is 96.1 Å². The van der Waals surface area contributed by atoms with Gasteiger partial charge >= 0.3 is 0 Å². The number of rotatable bonds is 8. The van der Waals surface area contributed by atoms with E-state index in [1.807, 2.05) is 12.1 Å². The third-order valence-electron chi connectivity index (χ3n) is 6.29. The summed E-state index contributed by atoms with van der Waals surface area (Å²) in [6.45, 7) is 1.70. The number of para-hydroxylation sites is 2. The maximum atomic E-state index is 13.7. The number of nitrogens with zero attached hydrogens (tertiary/aromatic N) is 2. The van der Waals surface area contributed by atoms with Crippen molar-refractivity contribution in [2.24, 2.45) is 5.10 Å². The molecule has 0 saturated carbocycles. The number of hydrogen-bond acceptors (Lipinski definition) is 7. The Labute approximate surface area is 234 Å². The summed E-state index contributed by atoms with van der Waals surface area (Å²) in [6, 6.07) is 24.7. The van der Waals surface area contributed by atoms with Gasteiger partial charge < -0.3 is 14.6 Å². The zero-order valence-corrected chi connectivity index (χ0v) is 22.5. The van der Waals surface area contributed by atoms with E-state index < -0.39 is 11.3 Å². The molecule has 0 radical (unpaired) electrons. The van der Waals surface area contributed by atoms with Crippen LogP contribution in [0.25, 0.3) is 0 Å². The van der Waals surface area contributed by atoms with E-state index in [4.69, 9.17) is 9.47 Å². The molecule has 40 heavy (non-hydrogen) atoms.